The molecule has 2 spiro atoms. The van der Waals surface area contributed by atoms with Gasteiger partial charge in [-0.05, 0) is 158 Å². The summed E-state index contributed by atoms with van der Waals surface area (Å²) in [5.41, 5.74) is -3.92. The number of hydrogen-bond acceptors (Lipinski definition) is 6. The normalized spacial score (nSPS) is 37.0. The lowest BCUT2D eigenvalue weighted by Gasteiger charge is -2.71. The van der Waals surface area contributed by atoms with Crippen LogP contribution in [0.4, 0.5) is 18.0 Å². The maximum atomic E-state index is 15.3. The van der Waals surface area contributed by atoms with Crippen LogP contribution < -0.4 is 4.74 Å². The van der Waals surface area contributed by atoms with E-state index in [1.807, 2.05) is 42.5 Å². The second kappa shape index (κ2) is 14.8. The predicted octanol–water partition coefficient (Wildman–Crippen LogP) is 13.1. The summed E-state index contributed by atoms with van der Waals surface area (Å²) < 4.78 is 53.9. The maximum Gasteiger partial charge on any atom is 0.416 e. The predicted molar refractivity (Wildman–Crippen MR) is 247 cm³/mol. The van der Waals surface area contributed by atoms with Crippen molar-refractivity contribution in [1.29, 1.82) is 0 Å². The number of nitrogens with zero attached hydrogens (tertiary/aromatic N) is 1. The van der Waals surface area contributed by atoms with Gasteiger partial charge in [0.15, 0.2) is 5.76 Å². The number of alkyl halides is 3. The largest absolute Gasteiger partial charge is 0.453 e. The summed E-state index contributed by atoms with van der Waals surface area (Å²) in [4.78, 5) is 31.8. The van der Waals surface area contributed by atoms with Crippen molar-refractivity contribution in [3.05, 3.63) is 113 Å². The van der Waals surface area contributed by atoms with Gasteiger partial charge in [0.25, 0.3) is 0 Å². The first kappa shape index (κ1) is 44.1. The molecule has 4 aromatic rings. The van der Waals surface area contributed by atoms with Crippen molar-refractivity contribution >= 4 is 34.2 Å². The molecule has 1 unspecified atom stereocenters. The zero-order valence-electron chi connectivity index (χ0n) is 38.1. The molecule has 1 heterocycles. The van der Waals surface area contributed by atoms with Crippen molar-refractivity contribution in [2.45, 2.75) is 110 Å². The Kier molecular flexibility index (Phi) is 9.91. The van der Waals surface area contributed by atoms with Gasteiger partial charge in [-0.15, -0.1) is 0 Å². The van der Waals surface area contributed by atoms with Crippen molar-refractivity contribution in [1.82, 2.24) is 4.90 Å². The molecule has 1 amide bonds. The SMILES string of the molecule is CC1(C)[C@H]2CC[C@@H](CN(C[C@]3(O)CC[C@H]4[C@]56C=C[C@@]7(C=C5C(=O)c5ccc(-c8cc(C(F)(F)F)ccc8Cl)o5)CC(O)CC[C@]7(C)[C@H]6CC[C@@]43C)C(=O)Oc3ccc4ccccc4c3)[C@@H]1C2. The number of carbonyl (C=O) groups is 2. The van der Waals surface area contributed by atoms with E-state index in [0.717, 1.165) is 48.6 Å². The van der Waals surface area contributed by atoms with E-state index in [2.05, 4.69) is 45.9 Å². The molecule has 4 bridgehead atoms. The van der Waals surface area contributed by atoms with E-state index < -0.39 is 45.8 Å². The number of Topliss-reactive ketones (excluding diaryl/α,β-unsaturated/α-hetero) is 1. The average molecular weight is 923 g/mol. The fraction of sp³-hybridized carbons (Fsp3) is 0.527. The lowest BCUT2D eigenvalue weighted by molar-refractivity contribution is -0.176. The average Bonchev–Trinajstić information content (AvgIpc) is 3.88. The number of fused-ring (bicyclic) bond motifs is 4. The van der Waals surface area contributed by atoms with Crippen molar-refractivity contribution in [2.75, 3.05) is 13.1 Å². The number of allylic oxidation sites excluding steroid dienone is 4. The molecule has 13 rings (SSSR count). The molecule has 6 fully saturated rings. The molecule has 0 aliphatic heterocycles. The summed E-state index contributed by atoms with van der Waals surface area (Å²) in [7, 11) is 0. The fourth-order valence-electron chi connectivity index (χ4n) is 15.6. The molecule has 6 saturated carbocycles. The Bertz CT molecular complexity index is 2720. The number of ether oxygens (including phenoxy) is 1. The molecule has 0 radical (unpaired) electrons. The molecule has 2 N–H and O–H groups in total. The smallest absolute Gasteiger partial charge is 0.416 e. The molecular formula is C55H59ClF3NO6. The Morgan fingerprint density at radius 3 is 2.36 bits per heavy atom. The topological polar surface area (TPSA) is 100 Å². The number of aliphatic hydroxyl groups is 2. The van der Waals surface area contributed by atoms with Crippen LogP contribution in [0, 0.1) is 56.7 Å². The highest BCUT2D eigenvalue weighted by Gasteiger charge is 2.75. The molecule has 348 valence electrons. The minimum absolute atomic E-state index is 0.00921. The molecule has 11 atom stereocenters. The number of ketones is 1. The number of carbonyl (C=O) groups excluding carboxylic acids is 2. The molecule has 9 aliphatic carbocycles. The van der Waals surface area contributed by atoms with Crippen LogP contribution in [-0.2, 0) is 6.18 Å². The van der Waals surface area contributed by atoms with Gasteiger partial charge in [-0.3, -0.25) is 4.79 Å². The van der Waals surface area contributed by atoms with Gasteiger partial charge in [-0.1, -0.05) is 87.9 Å². The third-order valence-electron chi connectivity index (χ3n) is 19.4. The highest BCUT2D eigenvalue weighted by Crippen LogP contribution is 2.78. The third kappa shape index (κ3) is 6.28. The van der Waals surface area contributed by atoms with E-state index in [-0.39, 0.29) is 63.0 Å². The molecule has 0 saturated heterocycles. The number of amides is 1. The Hall–Kier alpha value is -4.38. The van der Waals surface area contributed by atoms with Gasteiger partial charge < -0.3 is 24.3 Å². The molecule has 7 nitrogen and oxygen atoms in total. The molecular weight excluding hydrogens is 863 g/mol. The lowest BCUT2D eigenvalue weighted by Crippen LogP contribution is -2.67. The third-order valence-corrected chi connectivity index (χ3v) is 19.8. The van der Waals surface area contributed by atoms with Gasteiger partial charge >= 0.3 is 12.3 Å². The van der Waals surface area contributed by atoms with Gasteiger partial charge in [-0.2, -0.15) is 13.2 Å². The van der Waals surface area contributed by atoms with Gasteiger partial charge in [0.2, 0.25) is 5.78 Å². The van der Waals surface area contributed by atoms with Crippen molar-refractivity contribution in [3.8, 4) is 17.1 Å². The number of benzene rings is 3. The van der Waals surface area contributed by atoms with Crippen LogP contribution >= 0.6 is 11.6 Å². The van der Waals surface area contributed by atoms with E-state index in [9.17, 15) is 28.2 Å². The Morgan fingerprint density at radius 2 is 1.61 bits per heavy atom. The van der Waals surface area contributed by atoms with Crippen LogP contribution in [0.25, 0.3) is 22.1 Å². The first-order valence-corrected chi connectivity index (χ1v) is 24.4. The van der Waals surface area contributed by atoms with Crippen LogP contribution in [0.3, 0.4) is 0 Å². The Balaban J connectivity index is 0.958. The van der Waals surface area contributed by atoms with E-state index in [1.54, 1.807) is 4.90 Å². The van der Waals surface area contributed by atoms with Gasteiger partial charge in [0.05, 0.1) is 28.8 Å². The summed E-state index contributed by atoms with van der Waals surface area (Å²) >= 11 is 6.45. The Morgan fingerprint density at radius 1 is 0.864 bits per heavy atom. The van der Waals surface area contributed by atoms with E-state index in [1.165, 1.54) is 18.2 Å². The van der Waals surface area contributed by atoms with E-state index in [0.29, 0.717) is 68.2 Å². The van der Waals surface area contributed by atoms with Gasteiger partial charge in [-0.25, -0.2) is 4.79 Å². The Labute approximate surface area is 389 Å². The standard InChI is InChI=1S/C55H59ClF3NO6/c1-49(2)35-11-9-34(40(49)27-35)30-60(48(63)65-38-13-10-32-7-5-6-8-33(32)25-38)31-53(64)22-19-46-51(53,4)21-18-45-50(3)20-17-37(61)28-52(50)23-24-54(45,46)41(29-52)47(62)44-16-15-43(66-44)39-26-36(55(57,58)59)12-14-42(39)56/h5-8,10,12-16,23-26,29,34-35,37,40,45-46,61,64H,9,11,17-22,27-28,30-31H2,1-4H3/t34-,35-,37?,40-,45+,46+,50+,51-,52-,53+,54+/m0/s1. The number of hydrogen-bond donors (Lipinski definition) is 2. The van der Waals surface area contributed by atoms with Gasteiger partial charge in [0.1, 0.15) is 11.5 Å². The van der Waals surface area contributed by atoms with Crippen molar-refractivity contribution in [2.24, 2.45) is 56.7 Å². The number of rotatable bonds is 8. The fourth-order valence-corrected chi connectivity index (χ4v) is 15.8. The van der Waals surface area contributed by atoms with E-state index in [4.69, 9.17) is 20.8 Å². The maximum absolute atomic E-state index is 15.3. The summed E-state index contributed by atoms with van der Waals surface area (Å²) in [6.07, 6.45) is 8.47. The zero-order valence-corrected chi connectivity index (χ0v) is 38.9. The minimum atomic E-state index is -4.60. The second-order valence-electron chi connectivity index (χ2n) is 22.5. The van der Waals surface area contributed by atoms with Crippen LogP contribution in [-0.4, -0.2) is 51.8 Å². The summed E-state index contributed by atoms with van der Waals surface area (Å²) in [6.45, 7) is 9.74. The number of halogens is 4. The van der Waals surface area contributed by atoms with Crippen LogP contribution in [0.1, 0.15) is 108 Å². The quantitative estimate of drug-likeness (QED) is 0.135. The molecule has 9 aliphatic rings. The lowest BCUT2D eigenvalue weighted by atomic mass is 9.32. The molecule has 1 aromatic heterocycles. The minimum Gasteiger partial charge on any atom is -0.453 e. The summed E-state index contributed by atoms with van der Waals surface area (Å²) in [5.74, 6) is 1.33. The van der Waals surface area contributed by atoms with Crippen LogP contribution in [0.2, 0.25) is 5.02 Å². The van der Waals surface area contributed by atoms with Gasteiger partial charge in [0, 0.05) is 33.9 Å². The highest BCUT2D eigenvalue weighted by atomic mass is 35.5. The van der Waals surface area contributed by atoms with Crippen LogP contribution in [0.15, 0.2) is 101 Å². The van der Waals surface area contributed by atoms with E-state index >= 15 is 4.79 Å². The monoisotopic (exact) mass is 921 g/mol. The molecule has 11 heteroatoms. The molecule has 66 heavy (non-hydrogen) atoms. The second-order valence-corrected chi connectivity index (χ2v) is 22.9. The first-order chi connectivity index (χ1) is 31.2. The van der Waals surface area contributed by atoms with Crippen molar-refractivity contribution < 1.29 is 42.1 Å². The zero-order chi connectivity index (χ0) is 46.4. The highest BCUT2D eigenvalue weighted by molar-refractivity contribution is 6.33. The number of aliphatic hydroxyl groups excluding tert-OH is 1. The first-order valence-electron chi connectivity index (χ1n) is 24.0. The summed E-state index contributed by atoms with van der Waals surface area (Å²) in [6, 6.07) is 19.7. The van der Waals surface area contributed by atoms with Crippen LogP contribution in [0.5, 0.6) is 5.75 Å². The number of furan rings is 1. The summed E-state index contributed by atoms with van der Waals surface area (Å²) in [5, 5.41) is 26.8. The van der Waals surface area contributed by atoms with Crippen molar-refractivity contribution in [3.63, 3.8) is 0 Å². The molecule has 3 aromatic carbocycles.